The van der Waals surface area contributed by atoms with E-state index in [1.165, 1.54) is 5.56 Å². The minimum atomic E-state index is 0.275. The lowest BCUT2D eigenvalue weighted by Crippen LogP contribution is -1.97. The number of carbonyl (C=O) groups is 1. The molecule has 0 aromatic heterocycles. The lowest BCUT2D eigenvalue weighted by Gasteiger charge is -2.09. The number of hydrogen-bond acceptors (Lipinski definition) is 2. The number of hydrogen-bond donors (Lipinski definition) is 0. The van der Waals surface area contributed by atoms with Crippen molar-refractivity contribution in [1.29, 1.82) is 0 Å². The van der Waals surface area contributed by atoms with Crippen LogP contribution in [0, 0.1) is 6.92 Å². The van der Waals surface area contributed by atoms with Gasteiger partial charge in [-0.3, -0.25) is 0 Å². The molecule has 0 heterocycles. The van der Waals surface area contributed by atoms with Gasteiger partial charge < -0.3 is 9.53 Å². The van der Waals surface area contributed by atoms with Gasteiger partial charge in [0.2, 0.25) is 0 Å². The maximum Gasteiger partial charge on any atom is 0.130 e. The summed E-state index contributed by atoms with van der Waals surface area (Å²) < 4.78 is 5.66. The van der Waals surface area contributed by atoms with Crippen molar-refractivity contribution in [2.45, 2.75) is 13.3 Å². The van der Waals surface area contributed by atoms with Gasteiger partial charge in [-0.2, -0.15) is 0 Å². The Balaban J connectivity index is 2.95. The smallest absolute Gasteiger partial charge is 0.130 e. The van der Waals surface area contributed by atoms with Gasteiger partial charge in [0.1, 0.15) is 17.8 Å². The molecular formula is C15H16O2. The predicted octanol–water partition coefficient (Wildman–Crippen LogP) is 3.59. The Bertz CT molecular complexity index is 438. The summed E-state index contributed by atoms with van der Waals surface area (Å²) in [6.45, 7) is 9.35. The van der Waals surface area contributed by atoms with E-state index in [1.54, 1.807) is 12.2 Å². The summed E-state index contributed by atoms with van der Waals surface area (Å²) in [4.78, 5) is 10.5. The largest absolute Gasteiger partial charge is 0.457 e. The molecule has 0 N–H and O–H groups in total. The van der Waals surface area contributed by atoms with Gasteiger partial charge >= 0.3 is 0 Å². The second-order valence-corrected chi connectivity index (χ2v) is 3.58. The van der Waals surface area contributed by atoms with Gasteiger partial charge in [0, 0.05) is 12.0 Å². The Labute approximate surface area is 102 Å². The predicted molar refractivity (Wildman–Crippen MR) is 69.9 cm³/mol. The fourth-order valence-electron chi connectivity index (χ4n) is 1.35. The lowest BCUT2D eigenvalue weighted by atomic mass is 10.1. The molecular weight excluding hydrogens is 212 g/mol. The van der Waals surface area contributed by atoms with E-state index < -0.39 is 0 Å². The highest BCUT2D eigenvalue weighted by atomic mass is 16.5. The Morgan fingerprint density at radius 3 is 2.35 bits per heavy atom. The third-order valence-electron chi connectivity index (χ3n) is 2.30. The van der Waals surface area contributed by atoms with Crippen molar-refractivity contribution in [1.82, 2.24) is 0 Å². The van der Waals surface area contributed by atoms with Crippen molar-refractivity contribution in [3.63, 3.8) is 0 Å². The molecule has 1 rings (SSSR count). The summed E-state index contributed by atoms with van der Waals surface area (Å²) in [5, 5.41) is 0. The quantitative estimate of drug-likeness (QED) is 0.422. The molecule has 0 saturated carbocycles. The van der Waals surface area contributed by atoms with E-state index in [1.807, 2.05) is 31.2 Å². The zero-order valence-corrected chi connectivity index (χ0v) is 9.98. The highest BCUT2D eigenvalue weighted by Crippen LogP contribution is 2.18. The molecule has 1 aromatic carbocycles. The van der Waals surface area contributed by atoms with Crippen LogP contribution in [0.4, 0.5) is 0 Å². The number of ether oxygens (including phenoxy) is 1. The maximum atomic E-state index is 10.5. The van der Waals surface area contributed by atoms with Gasteiger partial charge in [0.05, 0.1) is 0 Å². The van der Waals surface area contributed by atoms with Crippen LogP contribution in [0.1, 0.15) is 12.0 Å². The van der Waals surface area contributed by atoms with Crippen LogP contribution in [-0.4, -0.2) is 6.29 Å². The van der Waals surface area contributed by atoms with Crippen molar-refractivity contribution < 1.29 is 9.53 Å². The Morgan fingerprint density at radius 1 is 1.24 bits per heavy atom. The van der Waals surface area contributed by atoms with Crippen LogP contribution in [0.2, 0.25) is 0 Å². The molecule has 0 bridgehead atoms. The first-order valence-corrected chi connectivity index (χ1v) is 5.37. The second kappa shape index (κ2) is 6.48. The average Bonchev–Trinajstić information content (AvgIpc) is 2.36. The number of rotatable bonds is 6. The highest BCUT2D eigenvalue weighted by molar-refractivity contribution is 5.57. The zero-order chi connectivity index (χ0) is 12.7. The normalized spacial score (nSPS) is 11.4. The molecule has 0 radical (unpaired) electrons. The molecule has 0 fully saturated rings. The molecule has 88 valence electrons. The highest BCUT2D eigenvalue weighted by Gasteiger charge is 2.03. The molecule has 0 spiro atoms. The number of aryl methyl sites for hydroxylation is 1. The van der Waals surface area contributed by atoms with Crippen molar-refractivity contribution in [2.75, 3.05) is 0 Å². The minimum Gasteiger partial charge on any atom is -0.457 e. The molecule has 17 heavy (non-hydrogen) atoms. The van der Waals surface area contributed by atoms with E-state index >= 15 is 0 Å². The van der Waals surface area contributed by atoms with Gasteiger partial charge in [-0.15, -0.1) is 0 Å². The molecule has 0 aliphatic rings. The van der Waals surface area contributed by atoms with Crippen molar-refractivity contribution >= 4 is 6.29 Å². The number of benzene rings is 1. The molecule has 1 aromatic rings. The summed E-state index contributed by atoms with van der Waals surface area (Å²) in [5.74, 6) is 1.28. The summed E-state index contributed by atoms with van der Waals surface area (Å²) in [5.41, 5.74) is 1.90. The standard InChI is InChI=1S/C15H16O2/c1-4-13(10-11-16)15(5-2)17-14-8-6-12(3)7-9-14/h4-9,11H,1-2,10H2,3H3/b15-13-. The summed E-state index contributed by atoms with van der Waals surface area (Å²) in [6.07, 6.45) is 4.29. The van der Waals surface area contributed by atoms with Crippen molar-refractivity contribution in [3.8, 4) is 5.75 Å². The van der Waals surface area contributed by atoms with Gasteiger partial charge in [-0.05, 0) is 25.1 Å². The van der Waals surface area contributed by atoms with Crippen LogP contribution < -0.4 is 4.74 Å². The zero-order valence-electron chi connectivity index (χ0n) is 9.98. The molecule has 0 unspecified atom stereocenters. The third kappa shape index (κ3) is 3.76. The van der Waals surface area contributed by atoms with Gasteiger partial charge in [0.15, 0.2) is 0 Å². The molecule has 0 amide bonds. The Kier molecular flexibility index (Phi) is 4.95. The monoisotopic (exact) mass is 228 g/mol. The number of allylic oxidation sites excluding steroid dienone is 3. The topological polar surface area (TPSA) is 26.3 Å². The fraction of sp³-hybridized carbons (Fsp3) is 0.133. The van der Waals surface area contributed by atoms with Crippen molar-refractivity contribution in [3.05, 3.63) is 66.5 Å². The lowest BCUT2D eigenvalue weighted by molar-refractivity contribution is -0.107. The van der Waals surface area contributed by atoms with Crippen LogP contribution in [0.5, 0.6) is 5.75 Å². The Morgan fingerprint density at radius 2 is 1.88 bits per heavy atom. The average molecular weight is 228 g/mol. The molecule has 0 saturated heterocycles. The molecule has 0 aliphatic heterocycles. The van der Waals surface area contributed by atoms with Gasteiger partial charge in [-0.1, -0.05) is 36.9 Å². The summed E-state index contributed by atoms with van der Waals surface area (Å²) >= 11 is 0. The summed E-state index contributed by atoms with van der Waals surface area (Å²) in [6, 6.07) is 7.67. The number of aldehydes is 1. The molecule has 0 aliphatic carbocycles. The minimum absolute atomic E-state index is 0.275. The molecule has 2 nitrogen and oxygen atoms in total. The summed E-state index contributed by atoms with van der Waals surface area (Å²) in [7, 11) is 0. The van der Waals surface area contributed by atoms with Crippen molar-refractivity contribution in [2.24, 2.45) is 0 Å². The SMILES string of the molecule is C=C/C(CC=O)=C(\C=C)Oc1ccc(C)cc1. The van der Waals surface area contributed by atoms with E-state index in [-0.39, 0.29) is 6.42 Å². The first-order chi connectivity index (χ1) is 8.21. The molecule has 2 heteroatoms. The van der Waals surface area contributed by atoms with E-state index in [9.17, 15) is 4.79 Å². The van der Waals surface area contributed by atoms with E-state index in [0.29, 0.717) is 5.76 Å². The first-order valence-electron chi connectivity index (χ1n) is 5.37. The number of carbonyl (C=O) groups excluding carboxylic acids is 1. The second-order valence-electron chi connectivity index (χ2n) is 3.58. The van der Waals surface area contributed by atoms with Crippen LogP contribution in [0.3, 0.4) is 0 Å². The van der Waals surface area contributed by atoms with Crippen LogP contribution >= 0.6 is 0 Å². The van der Waals surface area contributed by atoms with Gasteiger partial charge in [-0.25, -0.2) is 0 Å². The van der Waals surface area contributed by atoms with Crippen LogP contribution in [-0.2, 0) is 4.79 Å². The van der Waals surface area contributed by atoms with E-state index in [0.717, 1.165) is 17.6 Å². The Hall–Kier alpha value is -2.09. The fourth-order valence-corrected chi connectivity index (χ4v) is 1.35. The maximum absolute atomic E-state index is 10.5. The molecule has 0 atom stereocenters. The van der Waals surface area contributed by atoms with Crippen LogP contribution in [0.25, 0.3) is 0 Å². The first kappa shape index (κ1) is 13.0. The van der Waals surface area contributed by atoms with E-state index in [2.05, 4.69) is 13.2 Å². The van der Waals surface area contributed by atoms with Crippen LogP contribution in [0.15, 0.2) is 60.9 Å². The van der Waals surface area contributed by atoms with Gasteiger partial charge in [0.25, 0.3) is 0 Å². The van der Waals surface area contributed by atoms with E-state index in [4.69, 9.17) is 4.74 Å². The third-order valence-corrected chi connectivity index (χ3v) is 2.30.